The minimum atomic E-state index is 0.426. The fourth-order valence-electron chi connectivity index (χ4n) is 0.744. The maximum absolute atomic E-state index is 5.47. The third-order valence-electron chi connectivity index (χ3n) is 1.23. The van der Waals surface area contributed by atoms with Crippen LogP contribution in [-0.4, -0.2) is 9.97 Å². The second-order valence-corrected chi connectivity index (χ2v) is 1.84. The summed E-state index contributed by atoms with van der Waals surface area (Å²) < 4.78 is 0. The van der Waals surface area contributed by atoms with E-state index in [2.05, 4.69) is 20.5 Å². The Morgan fingerprint density at radius 1 is 1.30 bits per heavy atom. The van der Waals surface area contributed by atoms with Crippen molar-refractivity contribution in [1.82, 2.24) is 15.4 Å². The van der Waals surface area contributed by atoms with Crippen molar-refractivity contribution in [2.75, 3.05) is 5.73 Å². The van der Waals surface area contributed by atoms with Crippen molar-refractivity contribution in [1.29, 1.82) is 0 Å². The highest BCUT2D eigenvalue weighted by Crippen LogP contribution is 1.79. The fourth-order valence-corrected chi connectivity index (χ4v) is 0.744. The number of nitrogens with zero attached hydrogens (tertiary/aromatic N) is 4. The van der Waals surface area contributed by atoms with Gasteiger partial charge in [-0.2, -0.15) is 5.43 Å². The van der Waals surface area contributed by atoms with E-state index in [4.69, 9.17) is 5.73 Å². The zero-order chi connectivity index (χ0) is 6.97. The number of nitrogen functional groups attached to an aromatic ring is 1. The second-order valence-electron chi connectivity index (χ2n) is 1.84. The van der Waals surface area contributed by atoms with Crippen LogP contribution in [0.25, 0.3) is 6.20 Å². The van der Waals surface area contributed by atoms with E-state index in [-0.39, 0.29) is 0 Å². The average Bonchev–Trinajstić information content (AvgIpc) is 2.36. The van der Waals surface area contributed by atoms with Crippen molar-refractivity contribution in [3.8, 4) is 0 Å². The first-order chi connectivity index (χ1) is 4.88. The van der Waals surface area contributed by atoms with Crippen LogP contribution in [-0.2, 0) is 0 Å². The van der Waals surface area contributed by atoms with Crippen LogP contribution in [0.15, 0.2) is 11.4 Å². The molecule has 0 saturated carbocycles. The molecule has 0 saturated heterocycles. The van der Waals surface area contributed by atoms with Gasteiger partial charge in [0.25, 0.3) is 0 Å². The lowest BCUT2D eigenvalue weighted by Gasteiger charge is -1.85. The SMILES string of the molecule is Nc1ncnc2c1=C[N]N=2. The molecule has 1 aliphatic rings. The van der Waals surface area contributed by atoms with Crippen molar-refractivity contribution < 1.29 is 0 Å². The summed E-state index contributed by atoms with van der Waals surface area (Å²) in [4.78, 5) is 7.60. The van der Waals surface area contributed by atoms with Crippen molar-refractivity contribution in [2.45, 2.75) is 0 Å². The summed E-state index contributed by atoms with van der Waals surface area (Å²) in [5, 5.41) is 4.41. The molecule has 0 bridgehead atoms. The highest BCUT2D eigenvalue weighted by molar-refractivity contribution is 5.36. The van der Waals surface area contributed by atoms with Crippen LogP contribution in [0.5, 0.6) is 0 Å². The van der Waals surface area contributed by atoms with Crippen LogP contribution in [0.3, 0.4) is 0 Å². The maximum Gasteiger partial charge on any atom is 0.188 e. The molecule has 5 heteroatoms. The molecule has 0 atom stereocenters. The van der Waals surface area contributed by atoms with Crippen molar-refractivity contribution in [3.63, 3.8) is 0 Å². The maximum atomic E-state index is 5.47. The Labute approximate surface area is 56.3 Å². The van der Waals surface area contributed by atoms with E-state index in [0.717, 1.165) is 0 Å². The first-order valence-electron chi connectivity index (χ1n) is 2.72. The van der Waals surface area contributed by atoms with Crippen LogP contribution in [0.4, 0.5) is 5.82 Å². The molecule has 1 aromatic rings. The van der Waals surface area contributed by atoms with Crippen LogP contribution in [0.1, 0.15) is 0 Å². The Kier molecular flexibility index (Phi) is 0.858. The first-order valence-corrected chi connectivity index (χ1v) is 2.72. The van der Waals surface area contributed by atoms with Gasteiger partial charge in [0.15, 0.2) is 5.49 Å². The Morgan fingerprint density at radius 3 is 3.00 bits per heavy atom. The van der Waals surface area contributed by atoms with E-state index in [1.807, 2.05) is 0 Å². The highest BCUT2D eigenvalue weighted by atomic mass is 15.3. The summed E-state index contributed by atoms with van der Waals surface area (Å²) in [5.74, 6) is 0.426. The van der Waals surface area contributed by atoms with E-state index in [9.17, 15) is 0 Å². The van der Waals surface area contributed by atoms with Crippen LogP contribution < -0.4 is 21.9 Å². The smallest absolute Gasteiger partial charge is 0.188 e. The molecule has 0 spiro atoms. The molecule has 1 aliphatic heterocycles. The normalized spacial score (nSPS) is 12.8. The predicted molar refractivity (Wildman–Crippen MR) is 33.8 cm³/mol. The predicted octanol–water partition coefficient (Wildman–Crippen LogP) is -2.05. The summed E-state index contributed by atoms with van der Waals surface area (Å²) in [6, 6.07) is 0. The Morgan fingerprint density at radius 2 is 2.20 bits per heavy atom. The fraction of sp³-hybridized carbons (Fsp3) is 0. The van der Waals surface area contributed by atoms with Crippen LogP contribution in [0, 0.1) is 0 Å². The number of nitrogens with two attached hydrogens (primary N) is 1. The molecule has 1 radical (unpaired) electrons. The average molecular weight is 134 g/mol. The molecule has 1 aromatic heterocycles. The van der Waals surface area contributed by atoms with Gasteiger partial charge in [-0.15, -0.1) is 5.10 Å². The van der Waals surface area contributed by atoms with E-state index in [0.29, 0.717) is 16.5 Å². The highest BCUT2D eigenvalue weighted by Gasteiger charge is 1.99. The molecule has 49 valence electrons. The van der Waals surface area contributed by atoms with Gasteiger partial charge in [0.2, 0.25) is 0 Å². The van der Waals surface area contributed by atoms with Gasteiger partial charge in [-0.1, -0.05) is 0 Å². The molecular weight excluding hydrogens is 130 g/mol. The number of hydrogen-bond donors (Lipinski definition) is 1. The van der Waals surface area contributed by atoms with E-state index >= 15 is 0 Å². The van der Waals surface area contributed by atoms with Gasteiger partial charge < -0.3 is 5.73 Å². The molecule has 0 aromatic carbocycles. The lowest BCUT2D eigenvalue weighted by Crippen LogP contribution is -2.29. The Hall–Kier alpha value is -1.65. The lowest BCUT2D eigenvalue weighted by molar-refractivity contribution is 0.935. The van der Waals surface area contributed by atoms with Crippen molar-refractivity contribution in [3.05, 3.63) is 17.0 Å². The summed E-state index contributed by atoms with van der Waals surface area (Å²) >= 11 is 0. The van der Waals surface area contributed by atoms with Gasteiger partial charge >= 0.3 is 0 Å². The molecule has 10 heavy (non-hydrogen) atoms. The summed E-state index contributed by atoms with van der Waals surface area (Å²) in [7, 11) is 0. The molecule has 2 heterocycles. The van der Waals surface area contributed by atoms with E-state index in [1.54, 1.807) is 6.20 Å². The van der Waals surface area contributed by atoms with E-state index < -0.39 is 0 Å². The molecular formula is C5H4N5. The number of rotatable bonds is 0. The molecule has 2 N–H and O–H groups in total. The largest absolute Gasteiger partial charge is 0.383 e. The number of hydrogen-bond acceptors (Lipinski definition) is 4. The zero-order valence-electron chi connectivity index (χ0n) is 5.02. The van der Waals surface area contributed by atoms with Crippen LogP contribution in [0.2, 0.25) is 0 Å². The Balaban J connectivity index is 2.97. The van der Waals surface area contributed by atoms with Crippen molar-refractivity contribution in [2.24, 2.45) is 5.10 Å². The third-order valence-corrected chi connectivity index (χ3v) is 1.23. The second kappa shape index (κ2) is 1.66. The van der Waals surface area contributed by atoms with Gasteiger partial charge in [0.05, 0.1) is 11.4 Å². The number of aromatic nitrogens is 2. The molecule has 2 rings (SSSR count). The minimum Gasteiger partial charge on any atom is -0.383 e. The number of anilines is 1. The first kappa shape index (κ1) is 5.16. The van der Waals surface area contributed by atoms with Gasteiger partial charge in [0, 0.05) is 0 Å². The quantitative estimate of drug-likeness (QED) is 0.443. The molecule has 0 unspecified atom stereocenters. The minimum absolute atomic E-state index is 0.426. The molecule has 0 fully saturated rings. The van der Waals surface area contributed by atoms with E-state index in [1.165, 1.54) is 6.33 Å². The molecule has 0 aliphatic carbocycles. The molecule has 5 nitrogen and oxygen atoms in total. The van der Waals surface area contributed by atoms with Gasteiger partial charge in [-0.05, 0) is 0 Å². The zero-order valence-corrected chi connectivity index (χ0v) is 5.02. The third kappa shape index (κ3) is 0.540. The van der Waals surface area contributed by atoms with Crippen LogP contribution >= 0.6 is 0 Å². The van der Waals surface area contributed by atoms with Gasteiger partial charge in [0.1, 0.15) is 12.1 Å². The molecule has 0 amide bonds. The standard InChI is InChI=1S/C5H4N5/c6-4-3-1-9-10-5(3)8-2-7-4/h1-2H,(H2,6,7,8,10). The Bertz CT molecular complexity index is 368. The van der Waals surface area contributed by atoms with Crippen molar-refractivity contribution >= 4 is 12.0 Å². The summed E-state index contributed by atoms with van der Waals surface area (Å²) in [5.41, 5.74) is 9.65. The van der Waals surface area contributed by atoms with Gasteiger partial charge in [-0.3, -0.25) is 0 Å². The lowest BCUT2D eigenvalue weighted by atomic mass is 10.4. The van der Waals surface area contributed by atoms with Gasteiger partial charge in [-0.25, -0.2) is 9.97 Å². The topological polar surface area (TPSA) is 78.3 Å². The number of fused-ring (bicyclic) bond motifs is 1. The summed E-state index contributed by atoms with van der Waals surface area (Å²) in [6.45, 7) is 0. The summed E-state index contributed by atoms with van der Waals surface area (Å²) in [6.07, 6.45) is 2.91. The monoisotopic (exact) mass is 134 g/mol.